The zero-order chi connectivity index (χ0) is 19.0. The topological polar surface area (TPSA) is 65.4 Å². The molecule has 1 fully saturated rings. The molecule has 4 rings (SSSR count). The summed E-state index contributed by atoms with van der Waals surface area (Å²) in [4.78, 5) is 17.7. The minimum atomic E-state index is -0.398. The zero-order valence-electron chi connectivity index (χ0n) is 16.0. The van der Waals surface area contributed by atoms with Crippen LogP contribution in [0.3, 0.4) is 0 Å². The molecule has 1 aromatic carbocycles. The molecule has 0 bridgehead atoms. The van der Waals surface area contributed by atoms with Crippen molar-refractivity contribution in [1.82, 2.24) is 15.0 Å². The van der Waals surface area contributed by atoms with Gasteiger partial charge in [-0.15, -0.1) is 0 Å². The minimum absolute atomic E-state index is 0.142. The van der Waals surface area contributed by atoms with Crippen molar-refractivity contribution in [1.29, 1.82) is 0 Å². The summed E-state index contributed by atoms with van der Waals surface area (Å²) in [5.74, 6) is 1.74. The van der Waals surface area contributed by atoms with E-state index in [9.17, 15) is 5.11 Å². The summed E-state index contributed by atoms with van der Waals surface area (Å²) in [5.41, 5.74) is 3.27. The van der Waals surface area contributed by atoms with Crippen molar-refractivity contribution in [2.45, 2.75) is 19.4 Å². The lowest BCUT2D eigenvalue weighted by Gasteiger charge is -2.20. The number of fused-ring (bicyclic) bond motifs is 1. The number of β-amino-alcohol motifs (C(OH)–C–C–N with tert-alkyl or cyclic N) is 1. The third-order valence-electron chi connectivity index (χ3n) is 5.27. The Bertz CT molecular complexity index is 953. The van der Waals surface area contributed by atoms with Gasteiger partial charge in [-0.2, -0.15) is 4.98 Å². The Labute approximate surface area is 159 Å². The molecular formula is C21H25N5O. The van der Waals surface area contributed by atoms with E-state index in [0.717, 1.165) is 35.2 Å². The van der Waals surface area contributed by atoms with E-state index in [-0.39, 0.29) is 5.92 Å². The Hall–Kier alpha value is -2.73. The van der Waals surface area contributed by atoms with Crippen LogP contribution in [0.4, 0.5) is 11.8 Å². The molecule has 6 heteroatoms. The Morgan fingerprint density at radius 2 is 1.96 bits per heavy atom. The number of anilines is 2. The molecule has 0 spiro atoms. The number of aryl methyl sites for hydroxylation is 1. The number of aliphatic hydroxyl groups is 1. The standard InChI is InChI=1S/C21H25N5O/c1-14-11-23-21(24-20(14)25(2)3)26-12-16(19(27)13-26)10-15-8-9-22-18-7-5-4-6-17(15)18/h4-9,11,16,19,27H,10,12-13H2,1-3H3/t16-,19-/m1/s1. The fourth-order valence-corrected chi connectivity index (χ4v) is 3.86. The summed E-state index contributed by atoms with van der Waals surface area (Å²) in [6, 6.07) is 10.2. The summed E-state index contributed by atoms with van der Waals surface area (Å²) < 4.78 is 0. The van der Waals surface area contributed by atoms with E-state index in [1.807, 2.05) is 56.5 Å². The van der Waals surface area contributed by atoms with E-state index in [1.54, 1.807) is 0 Å². The first-order valence-electron chi connectivity index (χ1n) is 9.29. The van der Waals surface area contributed by atoms with E-state index in [0.29, 0.717) is 12.5 Å². The molecule has 1 N–H and O–H groups in total. The predicted molar refractivity (Wildman–Crippen MR) is 108 cm³/mol. The van der Waals surface area contributed by atoms with Gasteiger partial charge in [0.15, 0.2) is 0 Å². The molecule has 0 amide bonds. The Kier molecular flexibility index (Phi) is 4.66. The average molecular weight is 363 g/mol. The van der Waals surface area contributed by atoms with Crippen LogP contribution in [-0.4, -0.2) is 53.3 Å². The van der Waals surface area contributed by atoms with Gasteiger partial charge in [-0.1, -0.05) is 18.2 Å². The molecule has 1 saturated heterocycles. The van der Waals surface area contributed by atoms with Gasteiger partial charge in [-0.05, 0) is 31.0 Å². The van der Waals surface area contributed by atoms with Gasteiger partial charge in [-0.3, -0.25) is 4.98 Å². The summed E-state index contributed by atoms with van der Waals surface area (Å²) in [5, 5.41) is 11.8. The van der Waals surface area contributed by atoms with Crippen molar-refractivity contribution in [3.8, 4) is 0 Å². The van der Waals surface area contributed by atoms with Crippen LogP contribution in [0.25, 0.3) is 10.9 Å². The number of para-hydroxylation sites is 1. The number of nitrogens with zero attached hydrogens (tertiary/aromatic N) is 5. The fraction of sp³-hybridized carbons (Fsp3) is 0.381. The van der Waals surface area contributed by atoms with Crippen LogP contribution in [0.5, 0.6) is 0 Å². The number of rotatable bonds is 4. The van der Waals surface area contributed by atoms with Crippen LogP contribution in [0.2, 0.25) is 0 Å². The molecule has 0 aliphatic carbocycles. The van der Waals surface area contributed by atoms with Crippen molar-refractivity contribution in [3.63, 3.8) is 0 Å². The van der Waals surface area contributed by atoms with Crippen LogP contribution >= 0.6 is 0 Å². The van der Waals surface area contributed by atoms with Gasteiger partial charge in [0, 0.05) is 56.4 Å². The number of benzene rings is 1. The number of pyridine rings is 1. The lowest BCUT2D eigenvalue weighted by Crippen LogP contribution is -2.24. The maximum Gasteiger partial charge on any atom is 0.227 e. The lowest BCUT2D eigenvalue weighted by atomic mass is 9.94. The molecule has 0 radical (unpaired) electrons. The van der Waals surface area contributed by atoms with Crippen molar-refractivity contribution < 1.29 is 5.11 Å². The highest BCUT2D eigenvalue weighted by Crippen LogP contribution is 2.28. The first-order valence-corrected chi connectivity index (χ1v) is 9.29. The maximum atomic E-state index is 10.7. The lowest BCUT2D eigenvalue weighted by molar-refractivity contribution is 0.148. The molecule has 1 aliphatic heterocycles. The highest BCUT2D eigenvalue weighted by Gasteiger charge is 2.33. The van der Waals surface area contributed by atoms with Crippen LogP contribution < -0.4 is 9.80 Å². The fourth-order valence-electron chi connectivity index (χ4n) is 3.86. The van der Waals surface area contributed by atoms with E-state index in [2.05, 4.69) is 27.0 Å². The van der Waals surface area contributed by atoms with Gasteiger partial charge < -0.3 is 14.9 Å². The van der Waals surface area contributed by atoms with Crippen LogP contribution in [0.15, 0.2) is 42.7 Å². The van der Waals surface area contributed by atoms with Gasteiger partial charge in [0.05, 0.1) is 11.6 Å². The molecule has 0 saturated carbocycles. The monoisotopic (exact) mass is 363 g/mol. The zero-order valence-corrected chi connectivity index (χ0v) is 16.0. The van der Waals surface area contributed by atoms with Crippen molar-refractivity contribution in [3.05, 3.63) is 53.9 Å². The number of aromatic nitrogens is 3. The second kappa shape index (κ2) is 7.12. The smallest absolute Gasteiger partial charge is 0.227 e. The SMILES string of the molecule is Cc1cnc(N2C[C@@H](Cc3ccnc4ccccc34)[C@H](O)C2)nc1N(C)C. The first kappa shape index (κ1) is 17.7. The van der Waals surface area contributed by atoms with Gasteiger partial charge in [0.2, 0.25) is 5.95 Å². The van der Waals surface area contributed by atoms with E-state index in [1.165, 1.54) is 5.56 Å². The Balaban J connectivity index is 1.56. The molecule has 2 aromatic heterocycles. The quantitative estimate of drug-likeness (QED) is 0.768. The molecule has 6 nitrogen and oxygen atoms in total. The second-order valence-electron chi connectivity index (χ2n) is 7.49. The molecule has 140 valence electrons. The summed E-state index contributed by atoms with van der Waals surface area (Å²) in [7, 11) is 3.96. The van der Waals surface area contributed by atoms with Crippen molar-refractivity contribution in [2.24, 2.45) is 5.92 Å². The van der Waals surface area contributed by atoms with Crippen LogP contribution in [0.1, 0.15) is 11.1 Å². The summed E-state index contributed by atoms with van der Waals surface area (Å²) in [6.07, 6.45) is 4.12. The number of aliphatic hydroxyl groups excluding tert-OH is 1. The third-order valence-corrected chi connectivity index (χ3v) is 5.27. The largest absolute Gasteiger partial charge is 0.391 e. The average Bonchev–Trinajstić information content (AvgIpc) is 3.03. The molecule has 3 heterocycles. The molecule has 0 unspecified atom stereocenters. The van der Waals surface area contributed by atoms with E-state index >= 15 is 0 Å². The number of hydrogen-bond donors (Lipinski definition) is 1. The van der Waals surface area contributed by atoms with E-state index in [4.69, 9.17) is 4.98 Å². The van der Waals surface area contributed by atoms with Gasteiger partial charge in [0.1, 0.15) is 5.82 Å². The minimum Gasteiger partial charge on any atom is -0.391 e. The Morgan fingerprint density at radius 1 is 1.15 bits per heavy atom. The van der Waals surface area contributed by atoms with Gasteiger partial charge in [0.25, 0.3) is 0 Å². The first-order chi connectivity index (χ1) is 13.0. The maximum absolute atomic E-state index is 10.7. The van der Waals surface area contributed by atoms with Crippen LogP contribution in [-0.2, 0) is 6.42 Å². The second-order valence-corrected chi connectivity index (χ2v) is 7.49. The summed E-state index contributed by atoms with van der Waals surface area (Å²) in [6.45, 7) is 3.31. The molecule has 3 aromatic rings. The highest BCUT2D eigenvalue weighted by atomic mass is 16.3. The molecule has 2 atom stereocenters. The van der Waals surface area contributed by atoms with Gasteiger partial charge in [-0.25, -0.2) is 4.98 Å². The highest BCUT2D eigenvalue weighted by molar-refractivity contribution is 5.81. The van der Waals surface area contributed by atoms with Crippen molar-refractivity contribution >= 4 is 22.7 Å². The molecule has 27 heavy (non-hydrogen) atoms. The predicted octanol–water partition coefficient (Wildman–Crippen LogP) is 2.44. The normalized spacial score (nSPS) is 19.6. The van der Waals surface area contributed by atoms with E-state index < -0.39 is 6.10 Å². The third kappa shape index (κ3) is 3.45. The van der Waals surface area contributed by atoms with Gasteiger partial charge >= 0.3 is 0 Å². The summed E-state index contributed by atoms with van der Waals surface area (Å²) >= 11 is 0. The molecular weight excluding hydrogens is 338 g/mol. The molecule has 1 aliphatic rings. The Morgan fingerprint density at radius 3 is 2.78 bits per heavy atom. The number of hydrogen-bond acceptors (Lipinski definition) is 6. The van der Waals surface area contributed by atoms with Crippen molar-refractivity contribution in [2.75, 3.05) is 37.0 Å². The van der Waals surface area contributed by atoms with Crippen LogP contribution in [0, 0.1) is 12.8 Å².